The van der Waals surface area contributed by atoms with Gasteiger partial charge in [0.05, 0.1) is 10.7 Å². The van der Waals surface area contributed by atoms with E-state index in [2.05, 4.69) is 11.9 Å². The lowest BCUT2D eigenvalue weighted by atomic mass is 10.1. The SMILES string of the molecule is CCc1nc(COc2ccc(C(C)=O)cc2C)cs1. The first-order chi connectivity index (χ1) is 9.10. The average molecular weight is 275 g/mol. The first-order valence-electron chi connectivity index (χ1n) is 6.27. The molecular formula is C15H17NO2S. The summed E-state index contributed by atoms with van der Waals surface area (Å²) >= 11 is 1.66. The van der Waals surface area contributed by atoms with Crippen molar-refractivity contribution in [3.63, 3.8) is 0 Å². The molecule has 0 aliphatic rings. The zero-order chi connectivity index (χ0) is 13.8. The van der Waals surface area contributed by atoms with Crippen LogP contribution in [0, 0.1) is 6.92 Å². The zero-order valence-electron chi connectivity index (χ0n) is 11.4. The molecule has 0 atom stereocenters. The van der Waals surface area contributed by atoms with E-state index in [0.717, 1.165) is 28.4 Å². The molecule has 0 aliphatic heterocycles. The normalized spacial score (nSPS) is 10.5. The molecule has 1 aromatic heterocycles. The van der Waals surface area contributed by atoms with Gasteiger partial charge in [-0.25, -0.2) is 4.98 Å². The van der Waals surface area contributed by atoms with Gasteiger partial charge in [0.25, 0.3) is 0 Å². The number of hydrogen-bond acceptors (Lipinski definition) is 4. The summed E-state index contributed by atoms with van der Waals surface area (Å²) in [5.74, 6) is 0.873. The van der Waals surface area contributed by atoms with Crippen LogP contribution in [0.25, 0.3) is 0 Å². The highest BCUT2D eigenvalue weighted by molar-refractivity contribution is 7.09. The number of Topliss-reactive ketones (excluding diaryl/α,β-unsaturated/α-hetero) is 1. The number of hydrogen-bond donors (Lipinski definition) is 0. The fraction of sp³-hybridized carbons (Fsp3) is 0.333. The van der Waals surface area contributed by atoms with E-state index in [1.807, 2.05) is 24.4 Å². The Labute approximate surface area is 117 Å². The second-order valence-corrected chi connectivity index (χ2v) is 5.35. The zero-order valence-corrected chi connectivity index (χ0v) is 12.2. The van der Waals surface area contributed by atoms with Crippen LogP contribution in [0.4, 0.5) is 0 Å². The summed E-state index contributed by atoms with van der Waals surface area (Å²) in [7, 11) is 0. The standard InChI is InChI=1S/C15H17NO2S/c1-4-15-16-13(9-19-15)8-18-14-6-5-12(11(3)17)7-10(14)2/h5-7,9H,4,8H2,1-3H3. The minimum absolute atomic E-state index is 0.0711. The monoisotopic (exact) mass is 275 g/mol. The van der Waals surface area contributed by atoms with Gasteiger partial charge in [0.15, 0.2) is 5.78 Å². The third kappa shape index (κ3) is 3.41. The molecule has 1 heterocycles. The number of carbonyl (C=O) groups excluding carboxylic acids is 1. The molecule has 4 heteroatoms. The number of aromatic nitrogens is 1. The van der Waals surface area contributed by atoms with Gasteiger partial charge in [0, 0.05) is 10.9 Å². The van der Waals surface area contributed by atoms with E-state index < -0.39 is 0 Å². The van der Waals surface area contributed by atoms with Gasteiger partial charge in [-0.1, -0.05) is 6.92 Å². The minimum Gasteiger partial charge on any atom is -0.487 e. The fourth-order valence-electron chi connectivity index (χ4n) is 1.76. The summed E-state index contributed by atoms with van der Waals surface area (Å²) in [5.41, 5.74) is 2.64. The fourth-order valence-corrected chi connectivity index (χ4v) is 2.49. The summed E-state index contributed by atoms with van der Waals surface area (Å²) in [6, 6.07) is 5.50. The number of aryl methyl sites for hydroxylation is 2. The molecule has 0 radical (unpaired) electrons. The molecule has 0 spiro atoms. The number of rotatable bonds is 5. The third-order valence-electron chi connectivity index (χ3n) is 2.86. The molecule has 3 nitrogen and oxygen atoms in total. The summed E-state index contributed by atoms with van der Waals surface area (Å²) in [6.07, 6.45) is 0.955. The van der Waals surface area contributed by atoms with Gasteiger partial charge >= 0.3 is 0 Å². The van der Waals surface area contributed by atoms with E-state index in [0.29, 0.717) is 12.2 Å². The quantitative estimate of drug-likeness (QED) is 0.779. The van der Waals surface area contributed by atoms with Gasteiger partial charge in [-0.3, -0.25) is 4.79 Å². The molecule has 19 heavy (non-hydrogen) atoms. The van der Waals surface area contributed by atoms with Gasteiger partial charge in [-0.15, -0.1) is 11.3 Å². The number of ketones is 1. The maximum Gasteiger partial charge on any atom is 0.159 e. The van der Waals surface area contributed by atoms with Crippen molar-refractivity contribution in [1.29, 1.82) is 0 Å². The van der Waals surface area contributed by atoms with E-state index in [-0.39, 0.29) is 5.78 Å². The molecular weight excluding hydrogens is 258 g/mol. The van der Waals surface area contributed by atoms with Gasteiger partial charge < -0.3 is 4.74 Å². The van der Waals surface area contributed by atoms with Crippen molar-refractivity contribution in [3.8, 4) is 5.75 Å². The molecule has 0 unspecified atom stereocenters. The maximum absolute atomic E-state index is 11.3. The molecule has 0 fully saturated rings. The summed E-state index contributed by atoms with van der Waals surface area (Å²) in [6.45, 7) is 6.07. The van der Waals surface area contributed by atoms with Crippen LogP contribution in [0.3, 0.4) is 0 Å². The van der Waals surface area contributed by atoms with Crippen LogP contribution in [0.2, 0.25) is 0 Å². The second-order valence-electron chi connectivity index (χ2n) is 4.41. The third-order valence-corrected chi connectivity index (χ3v) is 3.90. The van der Waals surface area contributed by atoms with E-state index in [1.54, 1.807) is 24.3 Å². The van der Waals surface area contributed by atoms with Crippen LogP contribution < -0.4 is 4.74 Å². The van der Waals surface area contributed by atoms with E-state index >= 15 is 0 Å². The minimum atomic E-state index is 0.0711. The van der Waals surface area contributed by atoms with Crippen molar-refractivity contribution < 1.29 is 9.53 Å². The Balaban J connectivity index is 2.05. The predicted octanol–water partition coefficient (Wildman–Crippen LogP) is 3.80. The van der Waals surface area contributed by atoms with Crippen molar-refractivity contribution in [2.24, 2.45) is 0 Å². The number of ether oxygens (including phenoxy) is 1. The molecule has 0 amide bonds. The van der Waals surface area contributed by atoms with E-state index in [9.17, 15) is 4.79 Å². The van der Waals surface area contributed by atoms with Crippen molar-refractivity contribution in [2.75, 3.05) is 0 Å². The lowest BCUT2D eigenvalue weighted by Crippen LogP contribution is -1.99. The lowest BCUT2D eigenvalue weighted by molar-refractivity contribution is 0.101. The van der Waals surface area contributed by atoms with Crippen LogP contribution in [0.5, 0.6) is 5.75 Å². The molecule has 2 rings (SSSR count). The molecule has 0 saturated heterocycles. The average Bonchev–Trinajstić information content (AvgIpc) is 2.85. The lowest BCUT2D eigenvalue weighted by Gasteiger charge is -2.08. The summed E-state index contributed by atoms with van der Waals surface area (Å²) < 4.78 is 5.75. The second kappa shape index (κ2) is 5.97. The van der Waals surface area contributed by atoms with Gasteiger partial charge in [-0.2, -0.15) is 0 Å². The van der Waals surface area contributed by atoms with Crippen LogP contribution in [0.15, 0.2) is 23.6 Å². The molecule has 0 bridgehead atoms. The van der Waals surface area contributed by atoms with Crippen LogP contribution >= 0.6 is 11.3 Å². The Morgan fingerprint density at radius 2 is 2.21 bits per heavy atom. The largest absolute Gasteiger partial charge is 0.487 e. The van der Waals surface area contributed by atoms with Gasteiger partial charge in [-0.05, 0) is 44.0 Å². The predicted molar refractivity (Wildman–Crippen MR) is 77.0 cm³/mol. The smallest absolute Gasteiger partial charge is 0.159 e. The molecule has 0 saturated carbocycles. The summed E-state index contributed by atoms with van der Waals surface area (Å²) in [5, 5.41) is 3.15. The highest BCUT2D eigenvalue weighted by Crippen LogP contribution is 2.21. The molecule has 1 aromatic carbocycles. The number of nitrogens with zero attached hydrogens (tertiary/aromatic N) is 1. The number of thiazole rings is 1. The Hall–Kier alpha value is -1.68. The Bertz CT molecular complexity index is 590. The number of benzene rings is 1. The first-order valence-corrected chi connectivity index (χ1v) is 7.15. The highest BCUT2D eigenvalue weighted by atomic mass is 32.1. The van der Waals surface area contributed by atoms with Crippen molar-refractivity contribution in [2.45, 2.75) is 33.8 Å². The van der Waals surface area contributed by atoms with Crippen LogP contribution in [-0.4, -0.2) is 10.8 Å². The molecule has 0 aliphatic carbocycles. The Morgan fingerprint density at radius 3 is 2.79 bits per heavy atom. The van der Waals surface area contributed by atoms with Gasteiger partial charge in [0.2, 0.25) is 0 Å². The Morgan fingerprint density at radius 1 is 1.42 bits per heavy atom. The number of carbonyl (C=O) groups is 1. The van der Waals surface area contributed by atoms with E-state index in [1.165, 1.54) is 0 Å². The maximum atomic E-state index is 11.3. The molecule has 100 valence electrons. The molecule has 2 aromatic rings. The Kier molecular flexibility index (Phi) is 4.32. The highest BCUT2D eigenvalue weighted by Gasteiger charge is 2.06. The van der Waals surface area contributed by atoms with Crippen molar-refractivity contribution in [1.82, 2.24) is 4.98 Å². The topological polar surface area (TPSA) is 39.2 Å². The first kappa shape index (κ1) is 13.7. The van der Waals surface area contributed by atoms with Crippen LogP contribution in [-0.2, 0) is 13.0 Å². The molecule has 0 N–H and O–H groups in total. The summed E-state index contributed by atoms with van der Waals surface area (Å²) in [4.78, 5) is 15.7. The van der Waals surface area contributed by atoms with E-state index in [4.69, 9.17) is 4.74 Å². The van der Waals surface area contributed by atoms with Crippen molar-refractivity contribution in [3.05, 3.63) is 45.4 Å². The van der Waals surface area contributed by atoms with Gasteiger partial charge in [0.1, 0.15) is 12.4 Å². The van der Waals surface area contributed by atoms with Crippen LogP contribution in [0.1, 0.15) is 40.5 Å². The van der Waals surface area contributed by atoms with Crippen molar-refractivity contribution >= 4 is 17.1 Å².